The number of aromatic nitrogens is 1. The maximum Gasteiger partial charge on any atom is 0.270 e. The first kappa shape index (κ1) is 21.8. The number of carbonyl (C=O) groups excluding carboxylic acids is 1. The van der Waals surface area contributed by atoms with Gasteiger partial charge in [0.2, 0.25) is 5.43 Å². The van der Waals surface area contributed by atoms with Crippen LogP contribution in [0.25, 0.3) is 10.9 Å². The lowest BCUT2D eigenvalue weighted by Gasteiger charge is -2.18. The molecule has 0 unspecified atom stereocenters. The molecule has 0 atom stereocenters. The number of halogens is 2. The van der Waals surface area contributed by atoms with Crippen LogP contribution in [0.2, 0.25) is 0 Å². The molecule has 2 aromatic carbocycles. The van der Waals surface area contributed by atoms with E-state index in [0.29, 0.717) is 13.0 Å². The van der Waals surface area contributed by atoms with E-state index in [1.54, 1.807) is 0 Å². The summed E-state index contributed by atoms with van der Waals surface area (Å²) in [4.78, 5) is 25.3. The number of anilines is 2. The Hall–Kier alpha value is -3.46. The topological polar surface area (TPSA) is 101 Å². The van der Waals surface area contributed by atoms with Gasteiger partial charge in [-0.2, -0.15) is 0 Å². The standard InChI is InChI=1S/C23H25F2N5O2/c1-27-29-23(32)15-12-30(14-9-10-14)21-16(22(15)31)19(26)17(24)20(18(21)25)28-11-5-8-13-6-3-2-4-7-13/h2-4,6-7,12,14,27-28H,5,8-11,26H2,1H3,(H,29,32). The molecule has 0 aliphatic heterocycles. The summed E-state index contributed by atoms with van der Waals surface area (Å²) in [5, 5.41) is 2.50. The van der Waals surface area contributed by atoms with Gasteiger partial charge in [-0.05, 0) is 31.2 Å². The van der Waals surface area contributed by atoms with Crippen LogP contribution in [-0.4, -0.2) is 24.1 Å². The first-order chi connectivity index (χ1) is 15.4. The molecule has 1 amide bonds. The maximum atomic E-state index is 15.5. The van der Waals surface area contributed by atoms with E-state index in [0.717, 1.165) is 24.8 Å². The van der Waals surface area contributed by atoms with Crippen molar-refractivity contribution in [3.8, 4) is 0 Å². The van der Waals surface area contributed by atoms with Crippen LogP contribution in [0.4, 0.5) is 20.2 Å². The lowest BCUT2D eigenvalue weighted by atomic mass is 10.1. The summed E-state index contributed by atoms with van der Waals surface area (Å²) >= 11 is 0. The quantitative estimate of drug-likeness (QED) is 0.245. The molecule has 1 aliphatic carbocycles. The molecular weight excluding hydrogens is 416 g/mol. The molecule has 32 heavy (non-hydrogen) atoms. The van der Waals surface area contributed by atoms with Crippen molar-refractivity contribution in [3.05, 3.63) is 69.5 Å². The number of nitrogens with one attached hydrogen (secondary N) is 3. The van der Waals surface area contributed by atoms with Crippen LogP contribution < -0.4 is 27.3 Å². The summed E-state index contributed by atoms with van der Waals surface area (Å²) in [5.74, 6) is -2.60. The van der Waals surface area contributed by atoms with E-state index >= 15 is 8.78 Å². The van der Waals surface area contributed by atoms with Crippen molar-refractivity contribution >= 4 is 28.2 Å². The largest absolute Gasteiger partial charge is 0.396 e. The van der Waals surface area contributed by atoms with E-state index in [9.17, 15) is 9.59 Å². The monoisotopic (exact) mass is 441 g/mol. The van der Waals surface area contributed by atoms with Gasteiger partial charge < -0.3 is 15.6 Å². The number of nitrogen functional groups attached to an aromatic ring is 1. The number of benzene rings is 2. The van der Waals surface area contributed by atoms with Gasteiger partial charge in [0.1, 0.15) is 11.3 Å². The van der Waals surface area contributed by atoms with E-state index in [1.165, 1.54) is 17.8 Å². The zero-order chi connectivity index (χ0) is 22.8. The van der Waals surface area contributed by atoms with Crippen molar-refractivity contribution in [1.29, 1.82) is 0 Å². The molecule has 5 N–H and O–H groups in total. The Morgan fingerprint density at radius 1 is 1.19 bits per heavy atom. The van der Waals surface area contributed by atoms with Crippen LogP contribution >= 0.6 is 0 Å². The Bertz CT molecular complexity index is 1220. The summed E-state index contributed by atoms with van der Waals surface area (Å²) in [5.41, 5.74) is 9.93. The highest BCUT2D eigenvalue weighted by atomic mass is 19.1. The fraction of sp³-hybridized carbons (Fsp3) is 0.304. The Morgan fingerprint density at radius 3 is 2.56 bits per heavy atom. The highest BCUT2D eigenvalue weighted by Crippen LogP contribution is 2.40. The second-order valence-corrected chi connectivity index (χ2v) is 7.87. The van der Waals surface area contributed by atoms with E-state index in [2.05, 4.69) is 16.2 Å². The van der Waals surface area contributed by atoms with Crippen molar-refractivity contribution in [2.45, 2.75) is 31.7 Å². The number of rotatable bonds is 8. The second kappa shape index (κ2) is 8.96. The summed E-state index contributed by atoms with van der Waals surface area (Å²) in [6, 6.07) is 9.71. The van der Waals surface area contributed by atoms with Gasteiger partial charge in [0.05, 0.1) is 16.6 Å². The predicted molar refractivity (Wildman–Crippen MR) is 121 cm³/mol. The smallest absolute Gasteiger partial charge is 0.270 e. The first-order valence-electron chi connectivity index (χ1n) is 10.5. The number of fused-ring (bicyclic) bond motifs is 1. The van der Waals surface area contributed by atoms with Gasteiger partial charge in [-0.3, -0.25) is 15.0 Å². The van der Waals surface area contributed by atoms with Crippen molar-refractivity contribution in [2.75, 3.05) is 24.6 Å². The number of amides is 1. The summed E-state index contributed by atoms with van der Waals surface area (Å²) in [7, 11) is 1.47. The average Bonchev–Trinajstić information content (AvgIpc) is 3.63. The highest BCUT2D eigenvalue weighted by Gasteiger charge is 2.31. The first-order valence-corrected chi connectivity index (χ1v) is 10.5. The average molecular weight is 441 g/mol. The molecule has 0 spiro atoms. The third-order valence-corrected chi connectivity index (χ3v) is 5.60. The molecule has 0 bridgehead atoms. The zero-order valence-corrected chi connectivity index (χ0v) is 17.7. The molecule has 4 rings (SSSR count). The lowest BCUT2D eigenvalue weighted by molar-refractivity contribution is 0.0936. The number of hydrogen-bond donors (Lipinski definition) is 4. The van der Waals surface area contributed by atoms with E-state index in [1.807, 2.05) is 30.3 Å². The number of nitrogens with two attached hydrogens (primary N) is 1. The van der Waals surface area contributed by atoms with Crippen molar-refractivity contribution < 1.29 is 13.6 Å². The number of carbonyl (C=O) groups is 1. The molecule has 0 saturated heterocycles. The Labute approximate surface area is 183 Å². The molecule has 1 heterocycles. The maximum absolute atomic E-state index is 15.5. The number of pyridine rings is 1. The molecular formula is C23H25F2N5O2. The number of hydrazine groups is 1. The number of nitrogens with zero attached hydrogens (tertiary/aromatic N) is 1. The minimum Gasteiger partial charge on any atom is -0.396 e. The number of hydrogen-bond acceptors (Lipinski definition) is 5. The van der Waals surface area contributed by atoms with Crippen molar-refractivity contribution in [1.82, 2.24) is 15.4 Å². The normalized spacial score (nSPS) is 13.3. The van der Waals surface area contributed by atoms with E-state index in [-0.39, 0.29) is 28.2 Å². The van der Waals surface area contributed by atoms with Crippen LogP contribution in [0.5, 0.6) is 0 Å². The molecule has 7 nitrogen and oxygen atoms in total. The Balaban J connectivity index is 1.72. The molecule has 1 aromatic heterocycles. The van der Waals surface area contributed by atoms with Gasteiger partial charge >= 0.3 is 0 Å². The molecule has 3 aromatic rings. The zero-order valence-electron chi connectivity index (χ0n) is 17.7. The summed E-state index contributed by atoms with van der Waals surface area (Å²) in [6.07, 6.45) is 4.26. The molecule has 1 aliphatic rings. The third kappa shape index (κ3) is 4.03. The molecule has 1 fully saturated rings. The molecule has 1 saturated carbocycles. The predicted octanol–water partition coefficient (Wildman–Crippen LogP) is 3.11. The summed E-state index contributed by atoms with van der Waals surface area (Å²) in [6.45, 7) is 0.323. The van der Waals surface area contributed by atoms with Gasteiger partial charge in [-0.25, -0.2) is 14.2 Å². The fourth-order valence-electron chi connectivity index (χ4n) is 3.85. The third-order valence-electron chi connectivity index (χ3n) is 5.60. The minimum absolute atomic E-state index is 0.0791. The second-order valence-electron chi connectivity index (χ2n) is 7.87. The van der Waals surface area contributed by atoms with Gasteiger partial charge in [0.15, 0.2) is 11.6 Å². The molecule has 9 heteroatoms. The van der Waals surface area contributed by atoms with Crippen LogP contribution in [0.1, 0.15) is 41.2 Å². The Kier molecular flexibility index (Phi) is 6.09. The fourth-order valence-corrected chi connectivity index (χ4v) is 3.85. The van der Waals surface area contributed by atoms with Gasteiger partial charge in [0.25, 0.3) is 5.91 Å². The van der Waals surface area contributed by atoms with Gasteiger partial charge in [0, 0.05) is 25.8 Å². The lowest BCUT2D eigenvalue weighted by Crippen LogP contribution is -2.37. The van der Waals surface area contributed by atoms with Crippen LogP contribution in [0.3, 0.4) is 0 Å². The van der Waals surface area contributed by atoms with Gasteiger partial charge in [-0.1, -0.05) is 30.3 Å². The van der Waals surface area contributed by atoms with Crippen LogP contribution in [-0.2, 0) is 6.42 Å². The van der Waals surface area contributed by atoms with Gasteiger partial charge in [-0.15, -0.1) is 0 Å². The molecule has 168 valence electrons. The van der Waals surface area contributed by atoms with Crippen molar-refractivity contribution in [2.24, 2.45) is 0 Å². The SMILES string of the molecule is CNNC(=O)c1cn(C2CC2)c2c(F)c(NCCCc3ccccc3)c(F)c(N)c2c1=O. The van der Waals surface area contributed by atoms with Crippen molar-refractivity contribution in [3.63, 3.8) is 0 Å². The van der Waals surface area contributed by atoms with E-state index < -0.39 is 28.7 Å². The minimum atomic E-state index is -1.03. The Morgan fingerprint density at radius 2 is 1.91 bits per heavy atom. The highest BCUT2D eigenvalue weighted by molar-refractivity contribution is 6.01. The number of aryl methyl sites for hydroxylation is 1. The van der Waals surface area contributed by atoms with E-state index in [4.69, 9.17) is 5.73 Å². The molecule has 0 radical (unpaired) electrons. The van der Waals surface area contributed by atoms with Crippen LogP contribution in [0, 0.1) is 11.6 Å². The van der Waals surface area contributed by atoms with Crippen LogP contribution in [0.15, 0.2) is 41.3 Å². The summed E-state index contributed by atoms with van der Waals surface area (Å²) < 4.78 is 32.1.